The number of halogens is 4. The lowest BCUT2D eigenvalue weighted by molar-refractivity contribution is 0.621. The van der Waals surface area contributed by atoms with Crippen molar-refractivity contribution in [1.82, 2.24) is 9.55 Å². The second-order valence-electron chi connectivity index (χ2n) is 4.21. The number of nitrogens with zero attached hydrogens (tertiary/aromatic N) is 2. The van der Waals surface area contributed by atoms with E-state index in [1.807, 2.05) is 16.7 Å². The fourth-order valence-corrected chi connectivity index (χ4v) is 4.05. The van der Waals surface area contributed by atoms with Crippen molar-refractivity contribution in [3.63, 3.8) is 0 Å². The van der Waals surface area contributed by atoms with E-state index in [0.29, 0.717) is 16.9 Å². The highest BCUT2D eigenvalue weighted by Gasteiger charge is 2.14. The summed E-state index contributed by atoms with van der Waals surface area (Å²) in [5, 5.41) is 0. The van der Waals surface area contributed by atoms with E-state index in [1.54, 1.807) is 17.4 Å². The Balaban J connectivity index is 2.14. The van der Waals surface area contributed by atoms with Gasteiger partial charge in [0.1, 0.15) is 11.6 Å². The maximum atomic E-state index is 13.8. The summed E-state index contributed by atoms with van der Waals surface area (Å²) in [7, 11) is 0. The monoisotopic (exact) mass is 436 g/mol. The standard InChI is InChI=1S/C13H8Br2ClFN2S/c14-8-3-10-11(4-9(8)17)19(13(5-16)18-10)6-7-1-2-12(15)20-7/h1-4H,5-6H2. The molecule has 0 radical (unpaired) electrons. The minimum absolute atomic E-state index is 0.292. The third-order valence-corrected chi connectivity index (χ3v) is 5.39. The summed E-state index contributed by atoms with van der Waals surface area (Å²) >= 11 is 14.2. The van der Waals surface area contributed by atoms with Gasteiger partial charge in [-0.3, -0.25) is 0 Å². The average molecular weight is 439 g/mol. The zero-order valence-electron chi connectivity index (χ0n) is 10.0. The molecule has 20 heavy (non-hydrogen) atoms. The summed E-state index contributed by atoms with van der Waals surface area (Å²) < 4.78 is 17.2. The number of aromatic nitrogens is 2. The van der Waals surface area contributed by atoms with Crippen molar-refractivity contribution >= 4 is 65.8 Å². The number of fused-ring (bicyclic) bond motifs is 1. The minimum Gasteiger partial charge on any atom is -0.322 e. The van der Waals surface area contributed by atoms with Gasteiger partial charge in [0.2, 0.25) is 0 Å². The van der Waals surface area contributed by atoms with E-state index < -0.39 is 0 Å². The fourth-order valence-electron chi connectivity index (χ4n) is 2.04. The van der Waals surface area contributed by atoms with E-state index in [-0.39, 0.29) is 5.82 Å². The quantitative estimate of drug-likeness (QED) is 0.491. The molecular formula is C13H8Br2ClFN2S. The molecule has 3 aromatic rings. The van der Waals surface area contributed by atoms with Gasteiger partial charge in [-0.25, -0.2) is 9.37 Å². The van der Waals surface area contributed by atoms with Gasteiger partial charge in [-0.15, -0.1) is 22.9 Å². The second kappa shape index (κ2) is 5.75. The van der Waals surface area contributed by atoms with Crippen LogP contribution in [0.4, 0.5) is 4.39 Å². The first-order valence-electron chi connectivity index (χ1n) is 5.73. The molecule has 104 valence electrons. The highest BCUT2D eigenvalue weighted by atomic mass is 79.9. The Hall–Kier alpha value is -0.430. The molecule has 0 N–H and O–H groups in total. The average Bonchev–Trinajstić information content (AvgIpc) is 2.96. The molecule has 3 rings (SSSR count). The van der Waals surface area contributed by atoms with Crippen LogP contribution >= 0.6 is 54.8 Å². The maximum Gasteiger partial charge on any atom is 0.139 e. The van der Waals surface area contributed by atoms with Gasteiger partial charge in [0, 0.05) is 10.9 Å². The highest BCUT2D eigenvalue weighted by Crippen LogP contribution is 2.28. The van der Waals surface area contributed by atoms with Crippen molar-refractivity contribution in [2.24, 2.45) is 0 Å². The summed E-state index contributed by atoms with van der Waals surface area (Å²) in [5.41, 5.74) is 1.50. The van der Waals surface area contributed by atoms with E-state index >= 15 is 0 Å². The lowest BCUT2D eigenvalue weighted by atomic mass is 10.3. The van der Waals surface area contributed by atoms with Crippen molar-refractivity contribution in [2.75, 3.05) is 0 Å². The number of benzene rings is 1. The van der Waals surface area contributed by atoms with Gasteiger partial charge < -0.3 is 4.57 Å². The molecule has 1 aromatic carbocycles. The molecule has 2 aromatic heterocycles. The molecule has 0 atom stereocenters. The molecule has 0 aliphatic rings. The first kappa shape index (κ1) is 14.5. The SMILES string of the molecule is Fc1cc2c(cc1Br)nc(CCl)n2Cc1ccc(Br)s1. The number of alkyl halides is 1. The first-order chi connectivity index (χ1) is 9.58. The van der Waals surface area contributed by atoms with Gasteiger partial charge in [0.25, 0.3) is 0 Å². The molecule has 7 heteroatoms. The molecular weight excluding hydrogens is 430 g/mol. The predicted octanol–water partition coefficient (Wildman–Crippen LogP) is 5.55. The van der Waals surface area contributed by atoms with E-state index in [9.17, 15) is 4.39 Å². The Morgan fingerprint density at radius 1 is 1.30 bits per heavy atom. The van der Waals surface area contributed by atoms with Crippen LogP contribution in [0.3, 0.4) is 0 Å². The molecule has 0 unspecified atom stereocenters. The summed E-state index contributed by atoms with van der Waals surface area (Å²) in [6, 6.07) is 7.21. The van der Waals surface area contributed by atoms with Crippen molar-refractivity contribution in [3.8, 4) is 0 Å². The normalized spacial score (nSPS) is 11.4. The third-order valence-electron chi connectivity index (χ3n) is 2.93. The maximum absolute atomic E-state index is 13.8. The molecule has 0 bridgehead atoms. The molecule has 0 fully saturated rings. The number of hydrogen-bond donors (Lipinski definition) is 0. The molecule has 0 saturated carbocycles. The van der Waals surface area contributed by atoms with Gasteiger partial charge >= 0.3 is 0 Å². The van der Waals surface area contributed by atoms with Crippen molar-refractivity contribution < 1.29 is 4.39 Å². The van der Waals surface area contributed by atoms with E-state index in [1.165, 1.54) is 6.07 Å². The van der Waals surface area contributed by atoms with Crippen LogP contribution in [-0.2, 0) is 12.4 Å². The van der Waals surface area contributed by atoms with E-state index in [4.69, 9.17) is 11.6 Å². The van der Waals surface area contributed by atoms with Crippen LogP contribution in [0.25, 0.3) is 11.0 Å². The molecule has 2 heterocycles. The second-order valence-corrected chi connectivity index (χ2v) is 7.88. The van der Waals surface area contributed by atoms with E-state index in [0.717, 1.165) is 25.5 Å². The third kappa shape index (κ3) is 2.66. The van der Waals surface area contributed by atoms with Crippen LogP contribution in [0, 0.1) is 5.82 Å². The highest BCUT2D eigenvalue weighted by molar-refractivity contribution is 9.11. The predicted molar refractivity (Wildman–Crippen MR) is 88.1 cm³/mol. The van der Waals surface area contributed by atoms with Crippen LogP contribution in [-0.4, -0.2) is 9.55 Å². The van der Waals surface area contributed by atoms with Crippen LogP contribution in [0.15, 0.2) is 32.5 Å². The van der Waals surface area contributed by atoms with Crippen LogP contribution < -0.4 is 0 Å². The molecule has 0 aliphatic heterocycles. The summed E-state index contributed by atoms with van der Waals surface area (Å²) in [6.07, 6.45) is 0. The lowest BCUT2D eigenvalue weighted by Gasteiger charge is -2.06. The molecule has 0 saturated heterocycles. The topological polar surface area (TPSA) is 17.8 Å². The number of imidazole rings is 1. The molecule has 0 aliphatic carbocycles. The smallest absolute Gasteiger partial charge is 0.139 e. The Morgan fingerprint density at radius 3 is 2.75 bits per heavy atom. The van der Waals surface area contributed by atoms with Gasteiger partial charge in [-0.05, 0) is 50.1 Å². The van der Waals surface area contributed by atoms with Crippen LogP contribution in [0.2, 0.25) is 0 Å². The molecule has 0 spiro atoms. The Morgan fingerprint density at radius 2 is 2.10 bits per heavy atom. The Kier molecular flexibility index (Phi) is 4.17. The molecule has 0 amide bonds. The number of rotatable bonds is 3. The van der Waals surface area contributed by atoms with Gasteiger partial charge in [-0.1, -0.05) is 0 Å². The summed E-state index contributed by atoms with van der Waals surface area (Å²) in [5.74, 6) is 0.733. The van der Waals surface area contributed by atoms with Crippen LogP contribution in [0.5, 0.6) is 0 Å². The lowest BCUT2D eigenvalue weighted by Crippen LogP contribution is -2.02. The van der Waals surface area contributed by atoms with Crippen molar-refractivity contribution in [1.29, 1.82) is 0 Å². The van der Waals surface area contributed by atoms with Gasteiger partial charge in [-0.2, -0.15) is 0 Å². The fraction of sp³-hybridized carbons (Fsp3) is 0.154. The van der Waals surface area contributed by atoms with Crippen molar-refractivity contribution in [3.05, 3.63) is 49.0 Å². The number of hydrogen-bond acceptors (Lipinski definition) is 2. The van der Waals surface area contributed by atoms with Gasteiger partial charge in [0.15, 0.2) is 0 Å². The zero-order chi connectivity index (χ0) is 14.3. The minimum atomic E-state index is -0.299. The first-order valence-corrected chi connectivity index (χ1v) is 8.66. The summed E-state index contributed by atoms with van der Waals surface area (Å²) in [6.45, 7) is 0.635. The Labute approximate surface area is 140 Å². The zero-order valence-corrected chi connectivity index (χ0v) is 14.8. The van der Waals surface area contributed by atoms with E-state index in [2.05, 4.69) is 36.8 Å². The Bertz CT molecular complexity index is 784. The molecule has 2 nitrogen and oxygen atoms in total. The number of thiophene rings is 1. The van der Waals surface area contributed by atoms with Crippen LogP contribution in [0.1, 0.15) is 10.7 Å². The largest absolute Gasteiger partial charge is 0.322 e. The van der Waals surface area contributed by atoms with Crippen molar-refractivity contribution in [2.45, 2.75) is 12.4 Å². The summed E-state index contributed by atoms with van der Waals surface area (Å²) in [4.78, 5) is 5.62. The van der Waals surface area contributed by atoms with Gasteiger partial charge in [0.05, 0.1) is 31.7 Å².